The molecular formula is C14H12N2O11S. The number of benzene rings is 1. The Bertz CT molecular complexity index is 1010. The van der Waals surface area contributed by atoms with Gasteiger partial charge in [0, 0.05) is 6.07 Å². The average molecular weight is 416 g/mol. The van der Waals surface area contributed by atoms with Gasteiger partial charge in [0.2, 0.25) is 5.76 Å². The van der Waals surface area contributed by atoms with E-state index in [1.54, 1.807) is 0 Å². The van der Waals surface area contributed by atoms with Crippen LogP contribution in [0.15, 0.2) is 34.4 Å². The Kier molecular flexibility index (Phi) is 5.63. The summed E-state index contributed by atoms with van der Waals surface area (Å²) in [5.74, 6) is -3.36. The Morgan fingerprint density at radius 1 is 1.25 bits per heavy atom. The highest BCUT2D eigenvalue weighted by Gasteiger charge is 2.42. The molecule has 0 unspecified atom stereocenters. The van der Waals surface area contributed by atoms with Crippen molar-refractivity contribution in [3.05, 3.63) is 49.8 Å². The summed E-state index contributed by atoms with van der Waals surface area (Å²) >= 11 is 0. The van der Waals surface area contributed by atoms with E-state index in [0.717, 1.165) is 0 Å². The topological polar surface area (TPSA) is 182 Å². The highest BCUT2D eigenvalue weighted by Crippen LogP contribution is 2.33. The first kappa shape index (κ1) is 20.8. The molecule has 1 atom stereocenters. The van der Waals surface area contributed by atoms with Gasteiger partial charge in [0.25, 0.3) is 11.4 Å². The summed E-state index contributed by atoms with van der Waals surface area (Å²) in [7, 11) is -5.03. The minimum atomic E-state index is -5.03. The number of nitrogens with zero attached hydrogens (tertiary/aromatic N) is 2. The number of hydrogen-bond acceptors (Lipinski definition) is 11. The Balaban J connectivity index is 2.56. The van der Waals surface area contributed by atoms with E-state index < -0.39 is 65.6 Å². The molecule has 150 valence electrons. The number of nitro benzene ring substituents is 2. The fourth-order valence-corrected chi connectivity index (χ4v) is 3.33. The van der Waals surface area contributed by atoms with Crippen LogP contribution in [0.2, 0.25) is 0 Å². The van der Waals surface area contributed by atoms with Crippen LogP contribution in [0.25, 0.3) is 0 Å². The van der Waals surface area contributed by atoms with Crippen molar-refractivity contribution in [1.29, 1.82) is 0 Å². The van der Waals surface area contributed by atoms with E-state index in [9.17, 15) is 38.2 Å². The molecule has 2 rings (SSSR count). The van der Waals surface area contributed by atoms with Crippen molar-refractivity contribution in [3.8, 4) is 0 Å². The maximum atomic E-state index is 12.5. The monoisotopic (exact) mass is 416 g/mol. The zero-order valence-corrected chi connectivity index (χ0v) is 15.1. The van der Waals surface area contributed by atoms with Crippen LogP contribution in [-0.4, -0.2) is 42.9 Å². The first-order valence-corrected chi connectivity index (χ1v) is 8.90. The van der Waals surface area contributed by atoms with Gasteiger partial charge >= 0.3 is 22.1 Å². The summed E-state index contributed by atoms with van der Waals surface area (Å²) < 4.78 is 39.1. The predicted octanol–water partition coefficient (Wildman–Crippen LogP) is 0.971. The molecule has 0 saturated carbocycles. The molecule has 1 aliphatic heterocycles. The SMILES string of the molecule is CCOC(=O)C1=C(OS(=O)(=O)c2ccc([N+](=O)[O-])cc2[N+](=O)[O-])C(=O)O[C@@H]1C. The summed E-state index contributed by atoms with van der Waals surface area (Å²) in [6.07, 6.45) is -1.18. The average Bonchev–Trinajstić information content (AvgIpc) is 2.87. The second-order valence-electron chi connectivity index (χ2n) is 5.21. The van der Waals surface area contributed by atoms with Crippen LogP contribution in [0.1, 0.15) is 13.8 Å². The van der Waals surface area contributed by atoms with Crippen LogP contribution >= 0.6 is 0 Å². The molecular weight excluding hydrogens is 404 g/mol. The van der Waals surface area contributed by atoms with Crippen molar-refractivity contribution in [1.82, 2.24) is 0 Å². The predicted molar refractivity (Wildman–Crippen MR) is 87.2 cm³/mol. The third-order valence-electron chi connectivity index (χ3n) is 3.43. The van der Waals surface area contributed by atoms with Crippen LogP contribution < -0.4 is 0 Å². The molecule has 0 N–H and O–H groups in total. The molecule has 0 aromatic heterocycles. The Hall–Kier alpha value is -3.55. The molecule has 1 heterocycles. The van der Waals surface area contributed by atoms with Crippen LogP contribution in [0.3, 0.4) is 0 Å². The minimum absolute atomic E-state index is 0.0862. The number of nitro groups is 2. The van der Waals surface area contributed by atoms with Crippen molar-refractivity contribution >= 4 is 33.4 Å². The third kappa shape index (κ3) is 3.90. The zero-order valence-electron chi connectivity index (χ0n) is 14.3. The first-order chi connectivity index (χ1) is 13.0. The highest BCUT2D eigenvalue weighted by molar-refractivity contribution is 7.87. The van der Waals surface area contributed by atoms with Gasteiger partial charge in [-0.1, -0.05) is 0 Å². The van der Waals surface area contributed by atoms with Crippen LogP contribution in [-0.2, 0) is 33.4 Å². The van der Waals surface area contributed by atoms with Crippen LogP contribution in [0, 0.1) is 20.2 Å². The van der Waals surface area contributed by atoms with Crippen molar-refractivity contribution in [2.45, 2.75) is 24.8 Å². The molecule has 0 aliphatic carbocycles. The third-order valence-corrected chi connectivity index (χ3v) is 4.70. The van der Waals surface area contributed by atoms with Gasteiger partial charge in [-0.05, 0) is 19.9 Å². The van der Waals surface area contributed by atoms with Gasteiger partial charge in [-0.25, -0.2) is 9.59 Å². The lowest BCUT2D eigenvalue weighted by atomic mass is 10.1. The summed E-state index contributed by atoms with van der Waals surface area (Å²) in [6.45, 7) is 2.65. The van der Waals surface area contributed by atoms with E-state index in [0.29, 0.717) is 18.2 Å². The number of carbonyl (C=O) groups is 2. The molecule has 14 heteroatoms. The number of hydrogen-bond donors (Lipinski definition) is 0. The van der Waals surface area contributed by atoms with Gasteiger partial charge < -0.3 is 13.7 Å². The van der Waals surface area contributed by atoms with Gasteiger partial charge in [0.05, 0.1) is 22.5 Å². The number of cyclic esters (lactones) is 1. The fourth-order valence-electron chi connectivity index (χ4n) is 2.24. The fraction of sp³-hybridized carbons (Fsp3) is 0.286. The van der Waals surface area contributed by atoms with Gasteiger partial charge in [0.1, 0.15) is 11.7 Å². The van der Waals surface area contributed by atoms with E-state index in [1.165, 1.54) is 13.8 Å². The maximum absolute atomic E-state index is 12.5. The van der Waals surface area contributed by atoms with E-state index >= 15 is 0 Å². The van der Waals surface area contributed by atoms with Gasteiger partial charge in [0.15, 0.2) is 4.90 Å². The lowest BCUT2D eigenvalue weighted by Gasteiger charge is -2.08. The Morgan fingerprint density at radius 3 is 2.43 bits per heavy atom. The quantitative estimate of drug-likeness (QED) is 0.267. The Morgan fingerprint density at radius 2 is 1.89 bits per heavy atom. The smallest absolute Gasteiger partial charge is 0.376 e. The van der Waals surface area contributed by atoms with E-state index in [-0.39, 0.29) is 6.61 Å². The van der Waals surface area contributed by atoms with Gasteiger partial charge in [-0.15, -0.1) is 0 Å². The summed E-state index contributed by atoms with van der Waals surface area (Å²) in [5, 5.41) is 21.9. The van der Waals surface area contributed by atoms with Gasteiger partial charge in [-0.3, -0.25) is 20.2 Å². The number of esters is 2. The molecule has 0 fully saturated rings. The number of non-ortho nitro benzene ring substituents is 1. The largest absolute Gasteiger partial charge is 0.462 e. The standard InChI is InChI=1S/C14H12N2O11S/c1-3-25-13(17)11-7(2)26-14(18)12(11)27-28(23,24)10-5-4-8(15(19)20)6-9(10)16(21)22/h4-7H,3H2,1-2H3/t7-/m1/s1. The van der Waals surface area contributed by atoms with Crippen molar-refractivity contribution in [2.24, 2.45) is 0 Å². The molecule has 1 aromatic rings. The van der Waals surface area contributed by atoms with Crippen LogP contribution in [0.4, 0.5) is 11.4 Å². The van der Waals surface area contributed by atoms with Gasteiger partial charge in [-0.2, -0.15) is 8.42 Å². The molecule has 1 aliphatic rings. The lowest BCUT2D eigenvalue weighted by molar-refractivity contribution is -0.396. The number of ether oxygens (including phenoxy) is 2. The first-order valence-electron chi connectivity index (χ1n) is 7.49. The molecule has 28 heavy (non-hydrogen) atoms. The van der Waals surface area contributed by atoms with Crippen molar-refractivity contribution in [3.63, 3.8) is 0 Å². The van der Waals surface area contributed by atoms with E-state index in [1.807, 2.05) is 0 Å². The molecule has 0 saturated heterocycles. The molecule has 13 nitrogen and oxygen atoms in total. The molecule has 1 aromatic carbocycles. The summed E-state index contributed by atoms with van der Waals surface area (Å²) in [6, 6.07) is 1.71. The normalized spacial score (nSPS) is 16.5. The molecule has 0 amide bonds. The Labute approximate surface area is 156 Å². The number of rotatable bonds is 7. The second-order valence-corrected chi connectivity index (χ2v) is 6.73. The van der Waals surface area contributed by atoms with Crippen molar-refractivity contribution in [2.75, 3.05) is 6.61 Å². The van der Waals surface area contributed by atoms with E-state index in [4.69, 9.17) is 9.47 Å². The summed E-state index contributed by atoms with van der Waals surface area (Å²) in [5.41, 5.74) is -2.39. The summed E-state index contributed by atoms with van der Waals surface area (Å²) in [4.78, 5) is 42.6. The zero-order chi connectivity index (χ0) is 21.2. The number of carbonyl (C=O) groups excluding carboxylic acids is 2. The van der Waals surface area contributed by atoms with Crippen LogP contribution in [0.5, 0.6) is 0 Å². The molecule has 0 spiro atoms. The maximum Gasteiger partial charge on any atom is 0.376 e. The van der Waals surface area contributed by atoms with E-state index in [2.05, 4.69) is 4.18 Å². The second kappa shape index (κ2) is 7.59. The highest BCUT2D eigenvalue weighted by atomic mass is 32.2. The molecule has 0 bridgehead atoms. The lowest BCUT2D eigenvalue weighted by Crippen LogP contribution is -2.18. The minimum Gasteiger partial charge on any atom is -0.462 e. The van der Waals surface area contributed by atoms with Crippen molar-refractivity contribution < 1.29 is 41.5 Å². The molecule has 0 radical (unpaired) electrons.